The molecular weight excluding hydrogens is 336 g/mol. The molecule has 0 saturated carbocycles. The molecule has 1 N–H and O–H groups in total. The molecule has 0 heterocycles. The van der Waals surface area contributed by atoms with Gasteiger partial charge in [-0.2, -0.15) is 0 Å². The average molecular weight is 384 g/mol. The highest BCUT2D eigenvalue weighted by molar-refractivity contribution is 5.69. The van der Waals surface area contributed by atoms with E-state index in [-0.39, 0.29) is 0 Å². The zero-order valence-electron chi connectivity index (χ0n) is 18.2. The van der Waals surface area contributed by atoms with Crippen molar-refractivity contribution in [2.24, 2.45) is 0 Å². The molecule has 0 radical (unpaired) electrons. The number of hydrogen-bond donors (Lipinski definition) is 1. The Morgan fingerprint density at radius 1 is 0.593 bits per heavy atom. The van der Waals surface area contributed by atoms with Gasteiger partial charge in [0, 0.05) is 0 Å². The molecule has 1 unspecified atom stereocenters. The zero-order valence-corrected chi connectivity index (χ0v) is 18.2. The summed E-state index contributed by atoms with van der Waals surface area (Å²) in [5, 5.41) is 19.5. The number of aliphatic hydroxyl groups is 1. The Labute approximate surface area is 169 Å². The van der Waals surface area contributed by atoms with Crippen LogP contribution in [0.25, 0.3) is 0 Å². The summed E-state index contributed by atoms with van der Waals surface area (Å²) >= 11 is 0. The first-order chi connectivity index (χ1) is 13.2. The molecule has 0 aliphatic rings. The zero-order chi connectivity index (χ0) is 20.0. The minimum atomic E-state index is -1.34. The van der Waals surface area contributed by atoms with Crippen molar-refractivity contribution in [3.63, 3.8) is 0 Å². The van der Waals surface area contributed by atoms with Crippen LogP contribution in [-0.4, -0.2) is 17.2 Å². The third-order valence-electron chi connectivity index (χ3n) is 5.60. The van der Waals surface area contributed by atoms with Gasteiger partial charge in [-0.1, -0.05) is 135 Å². The van der Waals surface area contributed by atoms with Crippen molar-refractivity contribution in [2.45, 2.75) is 148 Å². The van der Waals surface area contributed by atoms with E-state index >= 15 is 0 Å². The van der Waals surface area contributed by atoms with Crippen molar-refractivity contribution >= 4 is 5.97 Å². The van der Waals surface area contributed by atoms with Gasteiger partial charge in [0.05, 0.1) is 12.1 Å². The summed E-state index contributed by atoms with van der Waals surface area (Å²) in [6.45, 7) is 2.28. The Hall–Kier alpha value is -0.570. The summed E-state index contributed by atoms with van der Waals surface area (Å²) in [6, 6.07) is 0. The van der Waals surface area contributed by atoms with Crippen LogP contribution in [0.4, 0.5) is 0 Å². The van der Waals surface area contributed by atoms with E-state index in [1.807, 2.05) is 0 Å². The second kappa shape index (κ2) is 21.7. The van der Waals surface area contributed by atoms with Crippen molar-refractivity contribution in [2.75, 3.05) is 0 Å². The molecule has 0 amide bonds. The Kier molecular flexibility index (Phi) is 21.3. The summed E-state index contributed by atoms with van der Waals surface area (Å²) in [6.07, 6.45) is 25.7. The van der Waals surface area contributed by atoms with Gasteiger partial charge >= 0.3 is 0 Å². The predicted molar refractivity (Wildman–Crippen MR) is 114 cm³/mol. The number of carbonyl (C=O) groups is 1. The smallest absolute Gasteiger partial charge is 0.0933 e. The summed E-state index contributed by atoms with van der Waals surface area (Å²) < 4.78 is 0. The van der Waals surface area contributed by atoms with Crippen LogP contribution in [0.2, 0.25) is 0 Å². The molecule has 1 atom stereocenters. The highest BCUT2D eigenvalue weighted by Crippen LogP contribution is 2.15. The van der Waals surface area contributed by atoms with E-state index in [1.165, 1.54) is 109 Å². The van der Waals surface area contributed by atoms with Crippen LogP contribution in [0.3, 0.4) is 0 Å². The number of rotatable bonds is 22. The molecule has 0 saturated heterocycles. The molecule has 0 aliphatic heterocycles. The largest absolute Gasteiger partial charge is 0.547 e. The van der Waals surface area contributed by atoms with E-state index in [4.69, 9.17) is 5.11 Å². The quantitative estimate of drug-likeness (QED) is 0.223. The lowest BCUT2D eigenvalue weighted by Gasteiger charge is -2.10. The summed E-state index contributed by atoms with van der Waals surface area (Å²) in [4.78, 5) is 10.4. The lowest BCUT2D eigenvalue weighted by atomic mass is 10.0. The highest BCUT2D eigenvalue weighted by atomic mass is 16.4. The second-order valence-electron chi connectivity index (χ2n) is 8.34. The lowest BCUT2D eigenvalue weighted by molar-refractivity contribution is -0.315. The normalized spacial score (nSPS) is 12.4. The molecule has 27 heavy (non-hydrogen) atoms. The van der Waals surface area contributed by atoms with Gasteiger partial charge in [-0.15, -0.1) is 0 Å². The number of aliphatic hydroxyl groups excluding tert-OH is 1. The molecule has 3 nitrogen and oxygen atoms in total. The van der Waals surface area contributed by atoms with Crippen LogP contribution >= 0.6 is 0 Å². The molecule has 0 aromatic carbocycles. The van der Waals surface area contributed by atoms with Gasteiger partial charge < -0.3 is 15.0 Å². The van der Waals surface area contributed by atoms with E-state index in [9.17, 15) is 9.90 Å². The van der Waals surface area contributed by atoms with E-state index in [1.54, 1.807) is 0 Å². The monoisotopic (exact) mass is 383 g/mol. The van der Waals surface area contributed by atoms with Gasteiger partial charge in [0.15, 0.2) is 0 Å². The van der Waals surface area contributed by atoms with Crippen molar-refractivity contribution < 1.29 is 15.0 Å². The Morgan fingerprint density at radius 2 is 0.852 bits per heavy atom. The summed E-state index contributed by atoms with van der Waals surface area (Å²) in [5.74, 6) is -1.34. The Morgan fingerprint density at radius 3 is 1.11 bits per heavy atom. The lowest BCUT2D eigenvalue weighted by Crippen LogP contribution is -2.35. The second-order valence-corrected chi connectivity index (χ2v) is 8.34. The van der Waals surface area contributed by atoms with E-state index in [2.05, 4.69) is 6.92 Å². The number of carboxylic acids is 1. The van der Waals surface area contributed by atoms with Crippen LogP contribution < -0.4 is 5.11 Å². The first kappa shape index (κ1) is 26.4. The molecule has 0 aromatic heterocycles. The molecule has 0 aromatic rings. The number of aliphatic carboxylic acids is 1. The maximum Gasteiger partial charge on any atom is 0.0933 e. The van der Waals surface area contributed by atoms with E-state index < -0.39 is 12.1 Å². The fourth-order valence-corrected chi connectivity index (χ4v) is 3.71. The minimum Gasteiger partial charge on any atom is -0.547 e. The Bertz CT molecular complexity index is 304. The van der Waals surface area contributed by atoms with Crippen LogP contribution in [0, 0.1) is 0 Å². The van der Waals surface area contributed by atoms with E-state index in [0.717, 1.165) is 19.3 Å². The summed E-state index contributed by atoms with van der Waals surface area (Å²) in [5.41, 5.74) is 0. The van der Waals surface area contributed by atoms with Gasteiger partial charge in [-0.25, -0.2) is 0 Å². The van der Waals surface area contributed by atoms with Gasteiger partial charge in [0.25, 0.3) is 0 Å². The fraction of sp³-hybridized carbons (Fsp3) is 0.958. The van der Waals surface area contributed by atoms with Crippen molar-refractivity contribution in [3.8, 4) is 0 Å². The number of carboxylic acid groups (broad SMARTS) is 1. The Balaban J connectivity index is 3.04. The highest BCUT2D eigenvalue weighted by Gasteiger charge is 2.03. The first-order valence-electron chi connectivity index (χ1n) is 12.1. The van der Waals surface area contributed by atoms with Crippen LogP contribution in [0.5, 0.6) is 0 Å². The molecule has 3 heteroatoms. The van der Waals surface area contributed by atoms with Crippen molar-refractivity contribution in [3.05, 3.63) is 0 Å². The van der Waals surface area contributed by atoms with Crippen molar-refractivity contribution in [1.29, 1.82) is 0 Å². The standard InChI is InChI=1S/C24H48O3/c1-2-3-4-5-6-7-8-9-10-11-12-13-14-15-16-17-18-19-20-21-22-23(25)24(26)27/h23,25H,2-22H2,1H3,(H,26,27)/p-1. The molecule has 0 bridgehead atoms. The molecule has 0 fully saturated rings. The topological polar surface area (TPSA) is 60.4 Å². The predicted octanol–water partition coefficient (Wildman–Crippen LogP) is 6.31. The van der Waals surface area contributed by atoms with Gasteiger partial charge in [0.2, 0.25) is 0 Å². The maximum atomic E-state index is 10.4. The van der Waals surface area contributed by atoms with E-state index in [0.29, 0.717) is 6.42 Å². The van der Waals surface area contributed by atoms with Crippen molar-refractivity contribution in [1.82, 2.24) is 0 Å². The SMILES string of the molecule is CCCCCCCCCCCCCCCCCCCCCCC(O)C(=O)[O-]. The molecule has 0 aliphatic carbocycles. The number of carbonyl (C=O) groups excluding carboxylic acids is 1. The minimum absolute atomic E-state index is 0.335. The van der Waals surface area contributed by atoms with Gasteiger partial charge in [-0.05, 0) is 6.42 Å². The average Bonchev–Trinajstić information content (AvgIpc) is 2.66. The summed E-state index contributed by atoms with van der Waals surface area (Å²) in [7, 11) is 0. The molecular formula is C24H47O3-. The van der Waals surface area contributed by atoms with Crippen LogP contribution in [0.1, 0.15) is 142 Å². The van der Waals surface area contributed by atoms with Gasteiger partial charge in [0.1, 0.15) is 0 Å². The third-order valence-corrected chi connectivity index (χ3v) is 5.60. The molecule has 0 rings (SSSR count). The van der Waals surface area contributed by atoms with Crippen LogP contribution in [0.15, 0.2) is 0 Å². The molecule has 162 valence electrons. The molecule has 0 spiro atoms. The maximum absolute atomic E-state index is 10.4. The van der Waals surface area contributed by atoms with Gasteiger partial charge in [-0.3, -0.25) is 0 Å². The number of unbranched alkanes of at least 4 members (excludes halogenated alkanes) is 19. The third kappa shape index (κ3) is 21.6. The first-order valence-corrected chi connectivity index (χ1v) is 12.1. The fourth-order valence-electron chi connectivity index (χ4n) is 3.71. The number of hydrogen-bond acceptors (Lipinski definition) is 3. The van der Waals surface area contributed by atoms with Crippen LogP contribution in [-0.2, 0) is 4.79 Å².